The van der Waals surface area contributed by atoms with Gasteiger partial charge in [0.05, 0.1) is 12.7 Å². The lowest BCUT2D eigenvalue weighted by Crippen LogP contribution is -2.34. The summed E-state index contributed by atoms with van der Waals surface area (Å²) in [7, 11) is 1.74. The minimum atomic E-state index is 0.204. The lowest BCUT2D eigenvalue weighted by Gasteiger charge is -2.22. The Morgan fingerprint density at radius 3 is 2.53 bits per heavy atom. The van der Waals surface area contributed by atoms with Gasteiger partial charge in [-0.25, -0.2) is 0 Å². The highest BCUT2D eigenvalue weighted by Crippen LogP contribution is 2.20. The maximum Gasteiger partial charge on any atom is 0.120 e. The van der Waals surface area contributed by atoms with Gasteiger partial charge in [0.2, 0.25) is 0 Å². The van der Waals surface area contributed by atoms with Crippen LogP contribution in [0.4, 0.5) is 0 Å². The third-order valence-electron chi connectivity index (χ3n) is 3.08. The number of hydrogen-bond acceptors (Lipinski definition) is 3. The fraction of sp³-hybridized carbons (Fsp3) is 0.625. The average Bonchev–Trinajstić information content (AvgIpc) is 2.37. The summed E-state index contributed by atoms with van der Waals surface area (Å²) in [6.45, 7) is 9.16. The Hall–Kier alpha value is -1.06. The smallest absolute Gasteiger partial charge is 0.120 e. The number of ether oxygens (including phenoxy) is 2. The molecule has 0 saturated heterocycles. The lowest BCUT2D eigenvalue weighted by molar-refractivity contribution is 0.159. The third-order valence-corrected chi connectivity index (χ3v) is 3.08. The third kappa shape index (κ3) is 5.62. The molecule has 2 unspecified atom stereocenters. The predicted octanol–water partition coefficient (Wildman–Crippen LogP) is 3.55. The highest BCUT2D eigenvalue weighted by Gasteiger charge is 2.12. The molecular formula is C16H27NO2. The van der Waals surface area contributed by atoms with E-state index in [1.165, 1.54) is 5.56 Å². The summed E-state index contributed by atoms with van der Waals surface area (Å²) in [6.07, 6.45) is 1.26. The largest absolute Gasteiger partial charge is 0.491 e. The number of benzene rings is 1. The molecule has 108 valence electrons. The highest BCUT2D eigenvalue weighted by molar-refractivity contribution is 5.30. The maximum atomic E-state index is 5.73. The predicted molar refractivity (Wildman–Crippen MR) is 79.7 cm³/mol. The summed E-state index contributed by atoms with van der Waals surface area (Å²) in [5, 5.41) is 3.58. The van der Waals surface area contributed by atoms with E-state index in [0.29, 0.717) is 6.04 Å². The van der Waals surface area contributed by atoms with E-state index in [1.54, 1.807) is 7.11 Å². The first-order valence-corrected chi connectivity index (χ1v) is 7.08. The van der Waals surface area contributed by atoms with Gasteiger partial charge in [-0.2, -0.15) is 0 Å². The topological polar surface area (TPSA) is 30.5 Å². The molecule has 0 aliphatic heterocycles. The van der Waals surface area contributed by atoms with Crippen LogP contribution in [-0.4, -0.2) is 25.9 Å². The molecule has 0 saturated carbocycles. The van der Waals surface area contributed by atoms with Gasteiger partial charge in [0, 0.05) is 19.2 Å². The molecule has 0 radical (unpaired) electrons. The van der Waals surface area contributed by atoms with E-state index in [-0.39, 0.29) is 12.1 Å². The van der Waals surface area contributed by atoms with Crippen LogP contribution in [0.1, 0.15) is 45.7 Å². The van der Waals surface area contributed by atoms with Crippen LogP contribution in [0.3, 0.4) is 0 Å². The van der Waals surface area contributed by atoms with Crippen molar-refractivity contribution < 1.29 is 9.47 Å². The zero-order chi connectivity index (χ0) is 14.3. The zero-order valence-corrected chi connectivity index (χ0v) is 12.8. The van der Waals surface area contributed by atoms with Gasteiger partial charge in [0.15, 0.2) is 0 Å². The van der Waals surface area contributed by atoms with Crippen LogP contribution in [-0.2, 0) is 4.74 Å². The van der Waals surface area contributed by atoms with E-state index in [4.69, 9.17) is 9.47 Å². The van der Waals surface area contributed by atoms with Crippen LogP contribution in [0.5, 0.6) is 5.75 Å². The lowest BCUT2D eigenvalue weighted by atomic mass is 10.1. The molecule has 2 atom stereocenters. The Balaban J connectivity index is 2.67. The standard InChI is InChI=1S/C16H27NO2/c1-6-15(11-18-5)17-13(4)14-8-7-9-16(10-14)19-12(2)3/h7-10,12-13,15,17H,6,11H2,1-5H3. The van der Waals surface area contributed by atoms with Crippen LogP contribution in [0.2, 0.25) is 0 Å². The van der Waals surface area contributed by atoms with Crippen LogP contribution in [0, 0.1) is 0 Å². The van der Waals surface area contributed by atoms with Crippen molar-refractivity contribution in [1.82, 2.24) is 5.32 Å². The highest BCUT2D eigenvalue weighted by atomic mass is 16.5. The molecule has 0 amide bonds. The average molecular weight is 265 g/mol. The Morgan fingerprint density at radius 2 is 1.95 bits per heavy atom. The number of nitrogens with one attached hydrogen (secondary N) is 1. The molecule has 0 bridgehead atoms. The van der Waals surface area contributed by atoms with Gasteiger partial charge < -0.3 is 14.8 Å². The molecule has 0 heterocycles. The maximum absolute atomic E-state index is 5.73. The van der Waals surface area contributed by atoms with Crippen LogP contribution in [0.15, 0.2) is 24.3 Å². The van der Waals surface area contributed by atoms with Crippen molar-refractivity contribution in [2.24, 2.45) is 0 Å². The first-order valence-electron chi connectivity index (χ1n) is 7.08. The molecule has 3 heteroatoms. The Kier molecular flexibility index (Phi) is 6.89. The molecule has 1 N–H and O–H groups in total. The van der Waals surface area contributed by atoms with Crippen molar-refractivity contribution >= 4 is 0 Å². The molecule has 0 aromatic heterocycles. The van der Waals surface area contributed by atoms with Crippen molar-refractivity contribution in [1.29, 1.82) is 0 Å². The first kappa shape index (κ1) is 16.0. The minimum Gasteiger partial charge on any atom is -0.491 e. The second-order valence-electron chi connectivity index (χ2n) is 5.19. The molecule has 0 aliphatic rings. The first-order chi connectivity index (χ1) is 9.06. The molecule has 19 heavy (non-hydrogen) atoms. The Bertz CT molecular complexity index is 366. The summed E-state index contributed by atoms with van der Waals surface area (Å²) in [5.74, 6) is 0.931. The quantitative estimate of drug-likeness (QED) is 0.779. The number of rotatable bonds is 8. The molecule has 1 aromatic rings. The van der Waals surface area contributed by atoms with E-state index in [1.807, 2.05) is 26.0 Å². The van der Waals surface area contributed by atoms with Gasteiger partial charge >= 0.3 is 0 Å². The summed E-state index contributed by atoms with van der Waals surface area (Å²) < 4.78 is 11.0. The molecular weight excluding hydrogens is 238 g/mol. The van der Waals surface area contributed by atoms with Crippen molar-refractivity contribution in [3.05, 3.63) is 29.8 Å². The van der Waals surface area contributed by atoms with Gasteiger partial charge in [0.25, 0.3) is 0 Å². The van der Waals surface area contributed by atoms with E-state index >= 15 is 0 Å². The van der Waals surface area contributed by atoms with Gasteiger partial charge in [-0.3, -0.25) is 0 Å². The van der Waals surface area contributed by atoms with E-state index < -0.39 is 0 Å². The Morgan fingerprint density at radius 1 is 1.21 bits per heavy atom. The monoisotopic (exact) mass is 265 g/mol. The molecule has 0 fully saturated rings. The molecule has 3 nitrogen and oxygen atoms in total. The van der Waals surface area contributed by atoms with Crippen molar-refractivity contribution in [2.75, 3.05) is 13.7 Å². The number of hydrogen-bond donors (Lipinski definition) is 1. The summed E-state index contributed by atoms with van der Waals surface area (Å²) in [4.78, 5) is 0. The Labute approximate surface area is 117 Å². The fourth-order valence-electron chi connectivity index (χ4n) is 2.06. The fourth-order valence-corrected chi connectivity index (χ4v) is 2.06. The summed E-state index contributed by atoms with van der Waals surface area (Å²) in [5.41, 5.74) is 1.24. The molecule has 0 spiro atoms. The minimum absolute atomic E-state index is 0.204. The normalized spacial score (nSPS) is 14.4. The molecule has 1 aromatic carbocycles. The van der Waals surface area contributed by atoms with Crippen molar-refractivity contribution in [2.45, 2.75) is 52.3 Å². The van der Waals surface area contributed by atoms with Crippen LogP contribution >= 0.6 is 0 Å². The van der Waals surface area contributed by atoms with Crippen LogP contribution < -0.4 is 10.1 Å². The van der Waals surface area contributed by atoms with Crippen molar-refractivity contribution in [3.8, 4) is 5.75 Å². The van der Waals surface area contributed by atoms with E-state index in [0.717, 1.165) is 18.8 Å². The SMILES string of the molecule is CCC(COC)NC(C)c1cccc(OC(C)C)c1. The van der Waals surface area contributed by atoms with Gasteiger partial charge in [-0.1, -0.05) is 19.1 Å². The van der Waals surface area contributed by atoms with Crippen LogP contribution in [0.25, 0.3) is 0 Å². The second kappa shape index (κ2) is 8.18. The summed E-state index contributed by atoms with van der Waals surface area (Å²) in [6, 6.07) is 8.96. The second-order valence-corrected chi connectivity index (χ2v) is 5.19. The zero-order valence-electron chi connectivity index (χ0n) is 12.8. The molecule has 0 aliphatic carbocycles. The van der Waals surface area contributed by atoms with E-state index in [2.05, 4.69) is 31.3 Å². The van der Waals surface area contributed by atoms with Gasteiger partial charge in [0.1, 0.15) is 5.75 Å². The van der Waals surface area contributed by atoms with Gasteiger partial charge in [-0.05, 0) is 44.9 Å². The van der Waals surface area contributed by atoms with Gasteiger partial charge in [-0.15, -0.1) is 0 Å². The van der Waals surface area contributed by atoms with Crippen molar-refractivity contribution in [3.63, 3.8) is 0 Å². The summed E-state index contributed by atoms with van der Waals surface area (Å²) >= 11 is 0. The van der Waals surface area contributed by atoms with E-state index in [9.17, 15) is 0 Å². The molecule has 1 rings (SSSR count). The number of methoxy groups -OCH3 is 1.